The fourth-order valence-corrected chi connectivity index (χ4v) is 3.50. The molecule has 0 spiro atoms. The summed E-state index contributed by atoms with van der Waals surface area (Å²) in [5.74, 6) is 1.31. The van der Waals surface area contributed by atoms with E-state index < -0.39 is 0 Å². The maximum absolute atomic E-state index is 13.2. The Morgan fingerprint density at radius 2 is 1.74 bits per heavy atom. The highest BCUT2D eigenvalue weighted by Gasteiger charge is 2.41. The Labute approximate surface area is 137 Å². The summed E-state index contributed by atoms with van der Waals surface area (Å²) >= 11 is 0. The number of hydrogen-bond donors (Lipinski definition) is 0. The van der Waals surface area contributed by atoms with E-state index in [4.69, 9.17) is 9.47 Å². The molecule has 120 valence electrons. The minimum Gasteiger partial charge on any atom is -0.497 e. The van der Waals surface area contributed by atoms with Crippen molar-refractivity contribution >= 4 is 5.78 Å². The van der Waals surface area contributed by atoms with Crippen LogP contribution < -0.4 is 9.47 Å². The zero-order valence-corrected chi connectivity index (χ0v) is 14.1. The molecular formula is C20H22O3. The summed E-state index contributed by atoms with van der Waals surface area (Å²) in [5.41, 5.74) is 2.63. The van der Waals surface area contributed by atoms with Gasteiger partial charge in [0.15, 0.2) is 5.78 Å². The van der Waals surface area contributed by atoms with E-state index in [1.54, 1.807) is 20.3 Å². The van der Waals surface area contributed by atoms with Gasteiger partial charge in [-0.15, -0.1) is 0 Å². The van der Waals surface area contributed by atoms with Gasteiger partial charge in [0.25, 0.3) is 0 Å². The van der Waals surface area contributed by atoms with Crippen LogP contribution in [0.3, 0.4) is 0 Å². The Morgan fingerprint density at radius 1 is 1.04 bits per heavy atom. The van der Waals surface area contributed by atoms with E-state index >= 15 is 0 Å². The van der Waals surface area contributed by atoms with E-state index in [2.05, 4.69) is 13.8 Å². The quantitative estimate of drug-likeness (QED) is 0.845. The molecule has 3 heteroatoms. The van der Waals surface area contributed by atoms with Crippen LogP contribution in [0.2, 0.25) is 0 Å². The molecule has 0 amide bonds. The normalized spacial score (nSPS) is 19.1. The summed E-state index contributed by atoms with van der Waals surface area (Å²) in [4.78, 5) is 13.2. The predicted molar refractivity (Wildman–Crippen MR) is 90.7 cm³/mol. The van der Waals surface area contributed by atoms with E-state index in [1.165, 1.54) is 0 Å². The Morgan fingerprint density at radius 3 is 2.35 bits per heavy atom. The van der Waals surface area contributed by atoms with Gasteiger partial charge in [0, 0.05) is 12.0 Å². The zero-order chi connectivity index (χ0) is 16.6. The molecule has 0 saturated carbocycles. The second kappa shape index (κ2) is 5.73. The van der Waals surface area contributed by atoms with Crippen LogP contribution in [0.4, 0.5) is 0 Å². The lowest BCUT2D eigenvalue weighted by atomic mass is 9.66. The maximum atomic E-state index is 13.2. The predicted octanol–water partition coefficient (Wildman–Crippen LogP) is 4.35. The van der Waals surface area contributed by atoms with Crippen LogP contribution in [-0.4, -0.2) is 20.0 Å². The molecule has 0 aliphatic heterocycles. The first-order valence-electron chi connectivity index (χ1n) is 7.83. The highest BCUT2D eigenvalue weighted by Crippen LogP contribution is 2.47. The molecule has 0 heterocycles. The van der Waals surface area contributed by atoms with Gasteiger partial charge in [0.2, 0.25) is 0 Å². The smallest absolute Gasteiger partial charge is 0.174 e. The molecule has 0 saturated heterocycles. The van der Waals surface area contributed by atoms with Gasteiger partial charge in [-0.2, -0.15) is 0 Å². The van der Waals surface area contributed by atoms with Crippen LogP contribution in [0.1, 0.15) is 47.7 Å². The zero-order valence-electron chi connectivity index (χ0n) is 14.1. The van der Waals surface area contributed by atoms with Crippen molar-refractivity contribution < 1.29 is 14.3 Å². The van der Waals surface area contributed by atoms with Crippen molar-refractivity contribution in [1.82, 2.24) is 0 Å². The highest BCUT2D eigenvalue weighted by molar-refractivity contribution is 6.06. The molecule has 1 atom stereocenters. The van der Waals surface area contributed by atoms with Crippen molar-refractivity contribution in [3.05, 3.63) is 59.2 Å². The van der Waals surface area contributed by atoms with E-state index in [9.17, 15) is 4.79 Å². The molecule has 0 aromatic heterocycles. The van der Waals surface area contributed by atoms with E-state index in [0.717, 1.165) is 23.3 Å². The van der Waals surface area contributed by atoms with Gasteiger partial charge in [0.1, 0.15) is 11.5 Å². The third-order valence-corrected chi connectivity index (χ3v) is 4.74. The number of carbonyl (C=O) groups is 1. The fraction of sp³-hybridized carbons (Fsp3) is 0.350. The number of hydrogen-bond acceptors (Lipinski definition) is 3. The molecule has 0 fully saturated rings. The molecule has 2 aromatic rings. The lowest BCUT2D eigenvalue weighted by Crippen LogP contribution is -2.33. The highest BCUT2D eigenvalue weighted by atomic mass is 16.5. The Balaban J connectivity index is 2.19. The summed E-state index contributed by atoms with van der Waals surface area (Å²) in [6, 6.07) is 13.8. The van der Waals surface area contributed by atoms with Crippen molar-refractivity contribution in [2.45, 2.75) is 31.6 Å². The number of rotatable bonds is 3. The summed E-state index contributed by atoms with van der Waals surface area (Å²) < 4.78 is 10.9. The van der Waals surface area contributed by atoms with Crippen LogP contribution in [0.5, 0.6) is 11.5 Å². The molecule has 2 aromatic carbocycles. The summed E-state index contributed by atoms with van der Waals surface area (Å²) in [7, 11) is 3.23. The molecule has 3 rings (SSSR count). The van der Waals surface area contributed by atoms with Crippen molar-refractivity contribution in [3.8, 4) is 11.5 Å². The third kappa shape index (κ3) is 2.61. The molecule has 1 aliphatic carbocycles. The molecular weight excluding hydrogens is 288 g/mol. The maximum Gasteiger partial charge on any atom is 0.174 e. The minimum atomic E-state index is -0.138. The second-order valence-corrected chi connectivity index (χ2v) is 6.67. The standard InChI is InChI=1S/C20H22O3/c1-20(2)12-15(13-8-6-5-7-9-13)19(21)18-16(20)10-14(22-3)11-17(18)23-4/h5-11,15H,12H2,1-4H3. The first kappa shape index (κ1) is 15.6. The number of ether oxygens (including phenoxy) is 2. The minimum absolute atomic E-state index is 0.130. The van der Waals surface area contributed by atoms with E-state index in [-0.39, 0.29) is 17.1 Å². The number of benzene rings is 2. The first-order valence-corrected chi connectivity index (χ1v) is 7.83. The first-order chi connectivity index (χ1) is 11.0. The van der Waals surface area contributed by atoms with Gasteiger partial charge < -0.3 is 9.47 Å². The largest absolute Gasteiger partial charge is 0.497 e. The second-order valence-electron chi connectivity index (χ2n) is 6.67. The average Bonchev–Trinajstić information content (AvgIpc) is 2.57. The van der Waals surface area contributed by atoms with Crippen LogP contribution in [-0.2, 0) is 5.41 Å². The molecule has 0 radical (unpaired) electrons. The van der Waals surface area contributed by atoms with Crippen molar-refractivity contribution in [3.63, 3.8) is 0 Å². The van der Waals surface area contributed by atoms with Crippen molar-refractivity contribution in [1.29, 1.82) is 0 Å². The van der Waals surface area contributed by atoms with E-state index in [0.29, 0.717) is 11.3 Å². The molecule has 0 bridgehead atoms. The number of methoxy groups -OCH3 is 2. The van der Waals surface area contributed by atoms with Crippen molar-refractivity contribution in [2.75, 3.05) is 14.2 Å². The fourth-order valence-electron chi connectivity index (χ4n) is 3.50. The molecule has 1 aliphatic rings. The lowest BCUT2D eigenvalue weighted by Gasteiger charge is -2.37. The molecule has 3 nitrogen and oxygen atoms in total. The average molecular weight is 310 g/mol. The van der Waals surface area contributed by atoms with Crippen molar-refractivity contribution in [2.24, 2.45) is 0 Å². The molecule has 0 N–H and O–H groups in total. The van der Waals surface area contributed by atoms with Gasteiger partial charge in [-0.1, -0.05) is 44.2 Å². The SMILES string of the molecule is COc1cc(OC)c2c(c1)C(C)(C)CC(c1ccccc1)C2=O. The molecule has 23 heavy (non-hydrogen) atoms. The monoisotopic (exact) mass is 310 g/mol. The number of fused-ring (bicyclic) bond motifs is 1. The van der Waals surface area contributed by atoms with Crippen LogP contribution in [0.15, 0.2) is 42.5 Å². The van der Waals surface area contributed by atoms with Gasteiger partial charge in [-0.3, -0.25) is 4.79 Å². The third-order valence-electron chi connectivity index (χ3n) is 4.74. The Kier molecular flexibility index (Phi) is 3.88. The van der Waals surface area contributed by atoms with Crippen LogP contribution in [0, 0.1) is 0 Å². The Bertz CT molecular complexity index is 732. The van der Waals surface area contributed by atoms with E-state index in [1.807, 2.05) is 36.4 Å². The number of Topliss-reactive ketones (excluding diaryl/α,β-unsaturated/α-hetero) is 1. The number of ketones is 1. The van der Waals surface area contributed by atoms with Crippen LogP contribution in [0.25, 0.3) is 0 Å². The molecule has 1 unspecified atom stereocenters. The van der Waals surface area contributed by atoms with Gasteiger partial charge in [-0.25, -0.2) is 0 Å². The Hall–Kier alpha value is -2.29. The summed E-state index contributed by atoms with van der Waals surface area (Å²) in [6.45, 7) is 4.35. The van der Waals surface area contributed by atoms with Gasteiger partial charge >= 0.3 is 0 Å². The topological polar surface area (TPSA) is 35.5 Å². The van der Waals surface area contributed by atoms with Gasteiger partial charge in [-0.05, 0) is 29.0 Å². The van der Waals surface area contributed by atoms with Gasteiger partial charge in [0.05, 0.1) is 19.8 Å². The summed E-state index contributed by atoms with van der Waals surface area (Å²) in [5, 5.41) is 0. The van der Waals surface area contributed by atoms with Crippen LogP contribution >= 0.6 is 0 Å². The lowest BCUT2D eigenvalue weighted by molar-refractivity contribution is 0.0922. The summed E-state index contributed by atoms with van der Waals surface area (Å²) in [6.07, 6.45) is 0.777. The number of carbonyl (C=O) groups excluding carboxylic acids is 1.